The molecule has 0 aliphatic carbocycles. The monoisotopic (exact) mass is 291 g/mol. The molecule has 0 saturated carbocycles. The third-order valence-electron chi connectivity index (χ3n) is 2.53. The molecule has 0 spiro atoms. The Hall–Kier alpha value is -2.14. The Morgan fingerprint density at radius 2 is 2.40 bits per heavy atom. The molecule has 5 nitrogen and oxygen atoms in total. The summed E-state index contributed by atoms with van der Waals surface area (Å²) in [4.78, 5) is 19.5. The van der Waals surface area contributed by atoms with Crippen LogP contribution in [0.3, 0.4) is 0 Å². The summed E-state index contributed by atoms with van der Waals surface area (Å²) in [5.41, 5.74) is 1.50. The highest BCUT2D eigenvalue weighted by Gasteiger charge is 2.04. The summed E-state index contributed by atoms with van der Waals surface area (Å²) in [6.45, 7) is 2.67. The molecule has 0 N–H and O–H groups in total. The van der Waals surface area contributed by atoms with Gasteiger partial charge in [0.15, 0.2) is 0 Å². The fourth-order valence-electron chi connectivity index (χ4n) is 1.60. The van der Waals surface area contributed by atoms with Crippen molar-refractivity contribution in [1.29, 1.82) is 0 Å². The van der Waals surface area contributed by atoms with E-state index in [1.54, 1.807) is 37.8 Å². The average Bonchev–Trinajstić information content (AvgIpc) is 2.92. The number of aromatic nitrogens is 3. The fraction of sp³-hybridized carbons (Fsp3) is 0.214. The number of nitrogens with zero attached hydrogens (tertiary/aromatic N) is 3. The van der Waals surface area contributed by atoms with E-state index < -0.39 is 0 Å². The van der Waals surface area contributed by atoms with E-state index in [4.69, 9.17) is 16.3 Å². The lowest BCUT2D eigenvalue weighted by Gasteiger charge is -2.05. The lowest BCUT2D eigenvalue weighted by Crippen LogP contribution is -2.01. The second-order valence-electron chi connectivity index (χ2n) is 4.02. The van der Waals surface area contributed by atoms with Gasteiger partial charge in [-0.15, -0.1) is 0 Å². The van der Waals surface area contributed by atoms with Crippen LogP contribution in [0.25, 0.3) is 6.08 Å². The zero-order valence-electron chi connectivity index (χ0n) is 11.0. The second-order valence-corrected chi connectivity index (χ2v) is 4.42. The van der Waals surface area contributed by atoms with Gasteiger partial charge >= 0.3 is 5.97 Å². The maximum atomic E-state index is 11.2. The summed E-state index contributed by atoms with van der Waals surface area (Å²) < 4.78 is 6.68. The first kappa shape index (κ1) is 14.3. The van der Waals surface area contributed by atoms with E-state index in [9.17, 15) is 4.79 Å². The molecule has 2 heterocycles. The van der Waals surface area contributed by atoms with Crippen molar-refractivity contribution in [2.45, 2.75) is 13.5 Å². The third kappa shape index (κ3) is 3.93. The Morgan fingerprint density at radius 3 is 3.05 bits per heavy atom. The molecule has 0 aliphatic rings. The molecule has 0 atom stereocenters. The van der Waals surface area contributed by atoms with E-state index in [1.165, 1.54) is 6.08 Å². The molecule has 0 aromatic carbocycles. The van der Waals surface area contributed by atoms with E-state index in [-0.39, 0.29) is 5.97 Å². The van der Waals surface area contributed by atoms with Gasteiger partial charge < -0.3 is 9.30 Å². The molecule has 0 amide bonds. The average molecular weight is 292 g/mol. The molecule has 6 heteroatoms. The van der Waals surface area contributed by atoms with Crippen molar-refractivity contribution in [3.63, 3.8) is 0 Å². The number of hydrogen-bond donors (Lipinski definition) is 0. The largest absolute Gasteiger partial charge is 0.463 e. The van der Waals surface area contributed by atoms with Crippen LogP contribution >= 0.6 is 11.6 Å². The normalized spacial score (nSPS) is 10.9. The maximum Gasteiger partial charge on any atom is 0.330 e. The van der Waals surface area contributed by atoms with Gasteiger partial charge in [0.05, 0.1) is 30.2 Å². The molecular formula is C14H14ClN3O2. The number of esters is 1. The van der Waals surface area contributed by atoms with E-state index in [0.717, 1.165) is 11.3 Å². The molecule has 0 bridgehead atoms. The van der Waals surface area contributed by atoms with E-state index in [0.29, 0.717) is 18.2 Å². The van der Waals surface area contributed by atoms with Gasteiger partial charge in [-0.05, 0) is 24.6 Å². The van der Waals surface area contributed by atoms with Crippen LogP contribution in [0.2, 0.25) is 5.02 Å². The first-order valence-electron chi connectivity index (χ1n) is 6.14. The van der Waals surface area contributed by atoms with Crippen LogP contribution in [-0.2, 0) is 16.1 Å². The van der Waals surface area contributed by atoms with Crippen molar-refractivity contribution in [1.82, 2.24) is 14.5 Å². The molecule has 0 saturated heterocycles. The minimum absolute atomic E-state index is 0.353. The Balaban J connectivity index is 2.07. The zero-order chi connectivity index (χ0) is 14.4. The lowest BCUT2D eigenvalue weighted by molar-refractivity contribution is -0.137. The first-order chi connectivity index (χ1) is 9.69. The van der Waals surface area contributed by atoms with Crippen molar-refractivity contribution in [3.8, 4) is 0 Å². The van der Waals surface area contributed by atoms with Crippen molar-refractivity contribution in [2.24, 2.45) is 0 Å². The molecule has 0 fully saturated rings. The highest BCUT2D eigenvalue weighted by molar-refractivity contribution is 6.31. The van der Waals surface area contributed by atoms with Crippen molar-refractivity contribution < 1.29 is 9.53 Å². The van der Waals surface area contributed by atoms with E-state index in [1.807, 2.05) is 10.8 Å². The summed E-state index contributed by atoms with van der Waals surface area (Å²) in [5.74, 6) is -0.383. The topological polar surface area (TPSA) is 57.0 Å². The van der Waals surface area contributed by atoms with Crippen LogP contribution in [-0.4, -0.2) is 27.1 Å². The highest BCUT2D eigenvalue weighted by atomic mass is 35.5. The van der Waals surface area contributed by atoms with Crippen LogP contribution in [0.4, 0.5) is 0 Å². The van der Waals surface area contributed by atoms with Gasteiger partial charge in [-0.3, -0.25) is 4.98 Å². The van der Waals surface area contributed by atoms with Crippen LogP contribution in [0.1, 0.15) is 18.2 Å². The zero-order valence-corrected chi connectivity index (χ0v) is 11.7. The number of imidazole rings is 1. The summed E-state index contributed by atoms with van der Waals surface area (Å²) in [6.07, 6.45) is 9.88. The quantitative estimate of drug-likeness (QED) is 0.627. The minimum atomic E-state index is -0.383. The van der Waals surface area contributed by atoms with Gasteiger partial charge in [0.25, 0.3) is 0 Å². The molecular weight excluding hydrogens is 278 g/mol. The van der Waals surface area contributed by atoms with Crippen LogP contribution in [0.15, 0.2) is 37.1 Å². The van der Waals surface area contributed by atoms with Gasteiger partial charge in [-0.1, -0.05) is 11.6 Å². The summed E-state index contributed by atoms with van der Waals surface area (Å²) in [7, 11) is 0. The van der Waals surface area contributed by atoms with Gasteiger partial charge in [0.2, 0.25) is 0 Å². The number of carbonyl (C=O) groups is 1. The smallest absolute Gasteiger partial charge is 0.330 e. The Kier molecular flexibility index (Phi) is 4.90. The molecule has 2 aromatic heterocycles. The van der Waals surface area contributed by atoms with Crippen molar-refractivity contribution in [3.05, 3.63) is 53.3 Å². The summed E-state index contributed by atoms with van der Waals surface area (Å²) in [6, 6.07) is 1.76. The van der Waals surface area contributed by atoms with E-state index >= 15 is 0 Å². The molecule has 20 heavy (non-hydrogen) atoms. The Labute approximate surface area is 121 Å². The van der Waals surface area contributed by atoms with Gasteiger partial charge in [-0.25, -0.2) is 9.78 Å². The molecule has 0 unspecified atom stereocenters. The highest BCUT2D eigenvalue weighted by Crippen LogP contribution is 2.17. The SMILES string of the molecule is CCOC(=O)/C=C/c1cnc(Cn2ccnc2)c(Cl)c1. The standard InChI is InChI=1S/C14H14ClN3O2/c1-2-20-14(19)4-3-11-7-12(15)13(17-8-11)9-18-6-5-16-10-18/h3-8,10H,2,9H2,1H3/b4-3+. The van der Waals surface area contributed by atoms with Gasteiger partial charge in [-0.2, -0.15) is 0 Å². The fourth-order valence-corrected chi connectivity index (χ4v) is 1.83. The van der Waals surface area contributed by atoms with E-state index in [2.05, 4.69) is 9.97 Å². The van der Waals surface area contributed by atoms with Crippen molar-refractivity contribution >= 4 is 23.6 Å². The summed E-state index contributed by atoms with van der Waals surface area (Å²) in [5, 5.41) is 0.546. The number of ether oxygens (including phenoxy) is 1. The molecule has 2 rings (SSSR count). The third-order valence-corrected chi connectivity index (χ3v) is 2.86. The second kappa shape index (κ2) is 6.86. The van der Waals surface area contributed by atoms with Gasteiger partial charge in [0, 0.05) is 24.7 Å². The predicted molar refractivity (Wildman–Crippen MR) is 76.2 cm³/mol. The lowest BCUT2D eigenvalue weighted by atomic mass is 10.2. The molecule has 0 radical (unpaired) electrons. The van der Waals surface area contributed by atoms with Crippen LogP contribution < -0.4 is 0 Å². The van der Waals surface area contributed by atoms with Crippen LogP contribution in [0, 0.1) is 0 Å². The molecule has 0 aliphatic heterocycles. The number of halogens is 1. The Morgan fingerprint density at radius 1 is 1.55 bits per heavy atom. The number of carbonyl (C=O) groups excluding carboxylic acids is 1. The Bertz CT molecular complexity index is 609. The molecule has 2 aromatic rings. The number of pyridine rings is 1. The number of hydrogen-bond acceptors (Lipinski definition) is 4. The molecule has 104 valence electrons. The van der Waals surface area contributed by atoms with Crippen molar-refractivity contribution in [2.75, 3.05) is 6.61 Å². The number of rotatable bonds is 5. The predicted octanol–water partition coefficient (Wildman–Crippen LogP) is 2.56. The van der Waals surface area contributed by atoms with Crippen LogP contribution in [0.5, 0.6) is 0 Å². The summed E-state index contributed by atoms with van der Waals surface area (Å²) >= 11 is 6.18. The minimum Gasteiger partial charge on any atom is -0.463 e. The maximum absolute atomic E-state index is 11.2. The van der Waals surface area contributed by atoms with Gasteiger partial charge in [0.1, 0.15) is 0 Å². The first-order valence-corrected chi connectivity index (χ1v) is 6.52.